The second-order valence-electron chi connectivity index (χ2n) is 9.13. The minimum absolute atomic E-state index is 0.00468. The third-order valence-corrected chi connectivity index (χ3v) is 6.28. The fraction of sp³-hybridized carbons (Fsp3) is 0.345. The molecule has 2 atom stereocenters. The quantitative estimate of drug-likeness (QED) is 0.279. The van der Waals surface area contributed by atoms with E-state index in [1.54, 1.807) is 38.3 Å². The van der Waals surface area contributed by atoms with Crippen LogP contribution in [-0.4, -0.2) is 31.3 Å². The van der Waals surface area contributed by atoms with Gasteiger partial charge >= 0.3 is 12.1 Å². The van der Waals surface area contributed by atoms with Crippen LogP contribution in [-0.2, 0) is 17.4 Å². The number of alkyl halides is 3. The van der Waals surface area contributed by atoms with Crippen molar-refractivity contribution in [3.63, 3.8) is 0 Å². The first-order valence-electron chi connectivity index (χ1n) is 12.0. The van der Waals surface area contributed by atoms with Gasteiger partial charge in [0, 0.05) is 12.6 Å². The molecule has 0 radical (unpaired) electrons. The molecule has 0 bridgehead atoms. The maximum Gasteiger partial charge on any atom is 0.416 e. The van der Waals surface area contributed by atoms with Crippen molar-refractivity contribution in [2.45, 2.75) is 39.4 Å². The molecular weight excluding hydrogens is 483 g/mol. The van der Waals surface area contributed by atoms with Crippen LogP contribution in [0.2, 0.25) is 0 Å². The normalized spacial score (nSPS) is 13.2. The fourth-order valence-corrected chi connectivity index (χ4v) is 3.97. The zero-order chi connectivity index (χ0) is 27.2. The summed E-state index contributed by atoms with van der Waals surface area (Å²) in [6, 6.07) is 16.6. The molecule has 2 N–H and O–H groups in total. The van der Waals surface area contributed by atoms with Gasteiger partial charge in [0.05, 0.1) is 18.6 Å². The van der Waals surface area contributed by atoms with E-state index in [0.29, 0.717) is 17.7 Å². The van der Waals surface area contributed by atoms with E-state index < -0.39 is 23.6 Å². The van der Waals surface area contributed by atoms with Crippen LogP contribution < -0.4 is 14.8 Å². The topological polar surface area (TPSA) is 67.8 Å². The standard InChI is InChI=1S/C29H32F3NO4/c1-18-8-9-22(13-23(18)12-19(2)28(34)35)24-14-25(29(30,31)32)17-27(16-24)37-11-10-33-20(3)21-6-5-7-26(15-21)36-4/h5-9,13-17,19-20,33H,10-12H2,1-4H3,(H,34,35)/t19?,20-/m1/s1. The monoisotopic (exact) mass is 515 g/mol. The van der Waals surface area contributed by atoms with Crippen LogP contribution in [0.4, 0.5) is 13.2 Å². The molecule has 0 amide bonds. The lowest BCUT2D eigenvalue weighted by Gasteiger charge is -2.17. The molecule has 198 valence electrons. The van der Waals surface area contributed by atoms with Crippen molar-refractivity contribution in [2.24, 2.45) is 5.92 Å². The zero-order valence-electron chi connectivity index (χ0n) is 21.4. The lowest BCUT2D eigenvalue weighted by atomic mass is 9.93. The molecule has 1 unspecified atom stereocenters. The van der Waals surface area contributed by atoms with Crippen LogP contribution in [0.25, 0.3) is 11.1 Å². The highest BCUT2D eigenvalue weighted by Crippen LogP contribution is 2.36. The molecule has 0 heterocycles. The maximum absolute atomic E-state index is 13.7. The summed E-state index contributed by atoms with van der Waals surface area (Å²) >= 11 is 0. The second kappa shape index (κ2) is 12.1. The minimum Gasteiger partial charge on any atom is -0.497 e. The molecule has 0 fully saturated rings. The number of aliphatic carboxylic acids is 1. The number of benzene rings is 3. The molecule has 3 aromatic carbocycles. The van der Waals surface area contributed by atoms with Gasteiger partial charge in [0.1, 0.15) is 18.1 Å². The van der Waals surface area contributed by atoms with E-state index in [2.05, 4.69) is 5.32 Å². The Morgan fingerprint density at radius 2 is 1.76 bits per heavy atom. The van der Waals surface area contributed by atoms with Gasteiger partial charge in [-0.05, 0) is 78.4 Å². The van der Waals surface area contributed by atoms with Crippen molar-refractivity contribution in [3.05, 3.63) is 82.9 Å². The van der Waals surface area contributed by atoms with Gasteiger partial charge in [-0.15, -0.1) is 0 Å². The van der Waals surface area contributed by atoms with E-state index in [9.17, 15) is 23.1 Å². The molecule has 3 rings (SSSR count). The van der Waals surface area contributed by atoms with Crippen molar-refractivity contribution in [2.75, 3.05) is 20.3 Å². The minimum atomic E-state index is -4.54. The number of rotatable bonds is 11. The van der Waals surface area contributed by atoms with E-state index in [4.69, 9.17) is 9.47 Å². The van der Waals surface area contributed by atoms with Crippen molar-refractivity contribution in [1.82, 2.24) is 5.32 Å². The molecule has 0 aromatic heterocycles. The fourth-order valence-electron chi connectivity index (χ4n) is 3.97. The van der Waals surface area contributed by atoms with Gasteiger partial charge < -0.3 is 19.9 Å². The summed E-state index contributed by atoms with van der Waals surface area (Å²) in [5.41, 5.74) is 2.80. The predicted molar refractivity (Wildman–Crippen MR) is 137 cm³/mol. The summed E-state index contributed by atoms with van der Waals surface area (Å²) in [4.78, 5) is 11.3. The van der Waals surface area contributed by atoms with Gasteiger partial charge in [0.25, 0.3) is 0 Å². The van der Waals surface area contributed by atoms with E-state index in [1.165, 1.54) is 0 Å². The number of carbonyl (C=O) groups is 1. The number of nitrogens with one attached hydrogen (secondary N) is 1. The Morgan fingerprint density at radius 1 is 1.00 bits per heavy atom. The van der Waals surface area contributed by atoms with Crippen molar-refractivity contribution < 1.29 is 32.5 Å². The molecule has 3 aromatic rings. The van der Waals surface area contributed by atoms with Crippen molar-refractivity contribution in [3.8, 4) is 22.6 Å². The Hall–Kier alpha value is -3.52. The first kappa shape index (κ1) is 28.1. The summed E-state index contributed by atoms with van der Waals surface area (Å²) in [6.07, 6.45) is -4.26. The highest BCUT2D eigenvalue weighted by atomic mass is 19.4. The van der Waals surface area contributed by atoms with Crippen LogP contribution in [0, 0.1) is 12.8 Å². The average Bonchev–Trinajstić information content (AvgIpc) is 2.87. The van der Waals surface area contributed by atoms with Crippen LogP contribution >= 0.6 is 0 Å². The number of methoxy groups -OCH3 is 1. The number of halogens is 3. The first-order chi connectivity index (χ1) is 17.5. The predicted octanol–water partition coefficient (Wildman–Crippen LogP) is 6.68. The zero-order valence-corrected chi connectivity index (χ0v) is 21.4. The summed E-state index contributed by atoms with van der Waals surface area (Å²) in [7, 11) is 1.60. The number of aryl methyl sites for hydroxylation is 1. The Balaban J connectivity index is 1.76. The third kappa shape index (κ3) is 7.73. The summed E-state index contributed by atoms with van der Waals surface area (Å²) in [5, 5.41) is 12.6. The third-order valence-electron chi connectivity index (χ3n) is 6.28. The molecule has 0 aliphatic rings. The van der Waals surface area contributed by atoms with E-state index >= 15 is 0 Å². The molecular formula is C29H32F3NO4. The number of ether oxygens (including phenoxy) is 2. The average molecular weight is 516 g/mol. The molecule has 0 saturated heterocycles. The molecule has 0 aliphatic carbocycles. The van der Waals surface area contributed by atoms with Crippen molar-refractivity contribution in [1.29, 1.82) is 0 Å². The Bertz CT molecular complexity index is 1230. The second-order valence-corrected chi connectivity index (χ2v) is 9.13. The van der Waals surface area contributed by atoms with Gasteiger partial charge in [-0.3, -0.25) is 4.79 Å². The van der Waals surface area contributed by atoms with Crippen LogP contribution in [0.3, 0.4) is 0 Å². The molecule has 5 nitrogen and oxygen atoms in total. The number of hydrogen-bond acceptors (Lipinski definition) is 4. The molecule has 0 saturated carbocycles. The summed E-state index contributed by atoms with van der Waals surface area (Å²) in [6.45, 7) is 6.04. The lowest BCUT2D eigenvalue weighted by molar-refractivity contribution is -0.141. The van der Waals surface area contributed by atoms with Crippen LogP contribution in [0.5, 0.6) is 11.5 Å². The number of carboxylic acids is 1. The summed E-state index contributed by atoms with van der Waals surface area (Å²) < 4.78 is 52.0. The molecule has 8 heteroatoms. The summed E-state index contributed by atoms with van der Waals surface area (Å²) in [5.74, 6) is -0.674. The Morgan fingerprint density at radius 3 is 2.43 bits per heavy atom. The van der Waals surface area contributed by atoms with Gasteiger partial charge in [0.15, 0.2) is 0 Å². The Labute approximate surface area is 215 Å². The van der Waals surface area contributed by atoms with Gasteiger partial charge in [-0.1, -0.05) is 37.3 Å². The number of carboxylic acid groups (broad SMARTS) is 1. The highest BCUT2D eigenvalue weighted by molar-refractivity contribution is 5.71. The van der Waals surface area contributed by atoms with Gasteiger partial charge in [-0.2, -0.15) is 13.2 Å². The lowest BCUT2D eigenvalue weighted by Crippen LogP contribution is -2.24. The maximum atomic E-state index is 13.7. The van der Waals surface area contributed by atoms with E-state index in [1.807, 2.05) is 38.1 Å². The van der Waals surface area contributed by atoms with E-state index in [-0.39, 0.29) is 24.8 Å². The van der Waals surface area contributed by atoms with E-state index in [0.717, 1.165) is 34.6 Å². The van der Waals surface area contributed by atoms with Gasteiger partial charge in [0.2, 0.25) is 0 Å². The smallest absolute Gasteiger partial charge is 0.416 e. The van der Waals surface area contributed by atoms with Crippen LogP contribution in [0.1, 0.15) is 42.1 Å². The molecule has 0 aliphatic heterocycles. The van der Waals surface area contributed by atoms with Crippen molar-refractivity contribution >= 4 is 5.97 Å². The highest BCUT2D eigenvalue weighted by Gasteiger charge is 2.31. The first-order valence-corrected chi connectivity index (χ1v) is 12.0. The molecule has 37 heavy (non-hydrogen) atoms. The van der Waals surface area contributed by atoms with Crippen LogP contribution in [0.15, 0.2) is 60.7 Å². The largest absolute Gasteiger partial charge is 0.497 e. The Kier molecular flexibility index (Phi) is 9.21. The number of hydrogen-bond donors (Lipinski definition) is 2. The SMILES string of the molecule is COc1cccc([C@@H](C)NCCOc2cc(-c3ccc(C)c(CC(C)C(=O)O)c3)cc(C(F)(F)F)c2)c1. The van der Waals surface area contributed by atoms with Gasteiger partial charge in [-0.25, -0.2) is 0 Å². The molecule has 0 spiro atoms.